The smallest absolute Gasteiger partial charge is 0.262 e. The van der Waals surface area contributed by atoms with Crippen LogP contribution >= 0.6 is 0 Å². The first-order chi connectivity index (χ1) is 11.6. The molecule has 0 saturated carbocycles. The van der Waals surface area contributed by atoms with Gasteiger partial charge in [0, 0.05) is 17.3 Å². The number of hydrogen-bond donors (Lipinski definition) is 2. The van der Waals surface area contributed by atoms with Crippen molar-refractivity contribution in [3.05, 3.63) is 53.6 Å². The fourth-order valence-corrected chi connectivity index (χ4v) is 3.31. The van der Waals surface area contributed by atoms with Gasteiger partial charge in [-0.25, -0.2) is 0 Å². The minimum atomic E-state index is -1.94. The Bertz CT molecular complexity index is 862. The molecular formula is C18H15NO5. The number of ketones is 1. The molecule has 0 bridgehead atoms. The summed E-state index contributed by atoms with van der Waals surface area (Å²) in [4.78, 5) is 25.3. The molecule has 6 heteroatoms. The van der Waals surface area contributed by atoms with E-state index in [1.165, 1.54) is 7.11 Å². The maximum atomic E-state index is 12.9. The summed E-state index contributed by atoms with van der Waals surface area (Å²) in [6, 6.07) is 11.7. The van der Waals surface area contributed by atoms with Crippen molar-refractivity contribution in [2.75, 3.05) is 19.0 Å². The van der Waals surface area contributed by atoms with Gasteiger partial charge in [0.25, 0.3) is 5.91 Å². The van der Waals surface area contributed by atoms with Crippen LogP contribution in [0.3, 0.4) is 0 Å². The predicted octanol–water partition coefficient (Wildman–Crippen LogP) is 1.73. The van der Waals surface area contributed by atoms with Gasteiger partial charge >= 0.3 is 0 Å². The Labute approximate surface area is 138 Å². The summed E-state index contributed by atoms with van der Waals surface area (Å²) in [6.45, 7) is -0.0861. The molecule has 0 aromatic heterocycles. The number of anilines is 1. The quantitative estimate of drug-likeness (QED) is 0.878. The first-order valence-electron chi connectivity index (χ1n) is 7.54. The number of benzene rings is 2. The number of hydrogen-bond acceptors (Lipinski definition) is 5. The van der Waals surface area contributed by atoms with E-state index in [1.54, 1.807) is 42.5 Å². The molecule has 2 aromatic carbocycles. The highest BCUT2D eigenvalue weighted by Gasteiger charge is 2.55. The zero-order chi connectivity index (χ0) is 16.9. The van der Waals surface area contributed by atoms with E-state index in [0.717, 1.165) is 0 Å². The summed E-state index contributed by atoms with van der Waals surface area (Å²) in [5.41, 5.74) is -0.699. The lowest BCUT2D eigenvalue weighted by molar-refractivity contribution is -0.139. The van der Waals surface area contributed by atoms with Gasteiger partial charge in [-0.05, 0) is 18.2 Å². The van der Waals surface area contributed by atoms with Crippen molar-refractivity contribution in [1.29, 1.82) is 0 Å². The molecule has 0 spiro atoms. The van der Waals surface area contributed by atoms with Gasteiger partial charge in [-0.15, -0.1) is 0 Å². The molecule has 0 aliphatic carbocycles. The lowest BCUT2D eigenvalue weighted by Crippen LogP contribution is -2.49. The van der Waals surface area contributed by atoms with E-state index >= 15 is 0 Å². The predicted molar refractivity (Wildman–Crippen MR) is 85.3 cm³/mol. The van der Waals surface area contributed by atoms with Gasteiger partial charge < -0.3 is 19.9 Å². The number of nitrogens with one attached hydrogen (secondary N) is 1. The van der Waals surface area contributed by atoms with Crippen molar-refractivity contribution in [2.24, 2.45) is 5.92 Å². The number of carbonyl (C=O) groups excluding carboxylic acids is 2. The molecule has 1 amide bonds. The lowest BCUT2D eigenvalue weighted by Gasteiger charge is -2.33. The first-order valence-corrected chi connectivity index (χ1v) is 7.54. The molecule has 0 unspecified atom stereocenters. The number of rotatable bonds is 2. The molecule has 2 N–H and O–H groups in total. The average molecular weight is 325 g/mol. The Morgan fingerprint density at radius 2 is 2.04 bits per heavy atom. The van der Waals surface area contributed by atoms with Crippen LogP contribution in [0.5, 0.6) is 11.5 Å². The van der Waals surface area contributed by atoms with Crippen LogP contribution in [0.15, 0.2) is 42.5 Å². The molecule has 2 heterocycles. The van der Waals surface area contributed by atoms with E-state index in [0.29, 0.717) is 28.3 Å². The highest BCUT2D eigenvalue weighted by Crippen LogP contribution is 2.45. The third-order valence-electron chi connectivity index (χ3n) is 4.61. The molecule has 6 nitrogen and oxygen atoms in total. The van der Waals surface area contributed by atoms with E-state index in [1.807, 2.05) is 0 Å². The molecule has 2 atom stereocenters. The topological polar surface area (TPSA) is 84.9 Å². The largest absolute Gasteiger partial charge is 0.497 e. The van der Waals surface area contributed by atoms with Gasteiger partial charge in [0.05, 0.1) is 18.6 Å². The van der Waals surface area contributed by atoms with E-state index in [-0.39, 0.29) is 12.4 Å². The molecule has 0 radical (unpaired) electrons. The Morgan fingerprint density at radius 1 is 1.25 bits per heavy atom. The van der Waals surface area contributed by atoms with Gasteiger partial charge in [-0.2, -0.15) is 0 Å². The van der Waals surface area contributed by atoms with E-state index in [9.17, 15) is 14.7 Å². The van der Waals surface area contributed by atoms with E-state index < -0.39 is 17.4 Å². The SMILES string of the molecule is COc1ccc2c(c1)OC[C@@H]([C@]1(O)C(=O)Nc3ccccc31)C2=O. The summed E-state index contributed by atoms with van der Waals surface area (Å²) >= 11 is 0. The molecule has 0 fully saturated rings. The van der Waals surface area contributed by atoms with Crippen LogP contribution in [0.25, 0.3) is 0 Å². The number of carbonyl (C=O) groups is 2. The van der Waals surface area contributed by atoms with E-state index in [4.69, 9.17) is 9.47 Å². The zero-order valence-corrected chi connectivity index (χ0v) is 12.9. The highest BCUT2D eigenvalue weighted by molar-refractivity contribution is 6.11. The number of fused-ring (bicyclic) bond motifs is 2. The zero-order valence-electron chi connectivity index (χ0n) is 12.9. The molecule has 2 aliphatic rings. The summed E-state index contributed by atoms with van der Waals surface area (Å²) < 4.78 is 10.8. The Kier molecular flexibility index (Phi) is 3.11. The molecule has 24 heavy (non-hydrogen) atoms. The minimum Gasteiger partial charge on any atom is -0.497 e. The minimum absolute atomic E-state index is 0.0861. The Hall–Kier alpha value is -2.86. The highest BCUT2D eigenvalue weighted by atomic mass is 16.5. The van der Waals surface area contributed by atoms with Gasteiger partial charge in [-0.1, -0.05) is 18.2 Å². The molecule has 2 aromatic rings. The van der Waals surface area contributed by atoms with Crippen molar-refractivity contribution < 1.29 is 24.2 Å². The van der Waals surface area contributed by atoms with Gasteiger partial charge in [0.2, 0.25) is 0 Å². The first kappa shape index (κ1) is 14.7. The second-order valence-electron chi connectivity index (χ2n) is 5.86. The lowest BCUT2D eigenvalue weighted by atomic mass is 9.77. The number of amides is 1. The number of ether oxygens (including phenoxy) is 2. The standard InChI is InChI=1S/C18H15NO5/c1-23-10-6-7-11-15(8-10)24-9-13(16(11)20)18(22)12-4-2-3-5-14(12)19-17(18)21/h2-8,13,22H,9H2,1H3,(H,19,21)/t13-,18+/m1/s1. The molecule has 0 saturated heterocycles. The second-order valence-corrected chi connectivity index (χ2v) is 5.86. The van der Waals surface area contributed by atoms with Crippen molar-refractivity contribution in [3.8, 4) is 11.5 Å². The van der Waals surface area contributed by atoms with Crippen molar-refractivity contribution in [1.82, 2.24) is 0 Å². The third-order valence-corrected chi connectivity index (χ3v) is 4.61. The van der Waals surface area contributed by atoms with Crippen LogP contribution in [0.1, 0.15) is 15.9 Å². The fourth-order valence-electron chi connectivity index (χ4n) is 3.31. The number of para-hydroxylation sites is 1. The van der Waals surface area contributed by atoms with Crippen LogP contribution in [0.4, 0.5) is 5.69 Å². The van der Waals surface area contributed by atoms with Crippen LogP contribution in [-0.2, 0) is 10.4 Å². The monoisotopic (exact) mass is 325 g/mol. The normalized spacial score (nSPS) is 24.7. The third kappa shape index (κ3) is 1.86. The van der Waals surface area contributed by atoms with Crippen LogP contribution in [0.2, 0.25) is 0 Å². The molecular weight excluding hydrogens is 310 g/mol. The maximum absolute atomic E-state index is 12.9. The number of aliphatic hydroxyl groups is 1. The maximum Gasteiger partial charge on any atom is 0.262 e. The van der Waals surface area contributed by atoms with E-state index in [2.05, 4.69) is 5.32 Å². The summed E-state index contributed by atoms with van der Waals surface area (Å²) in [5.74, 6) is -0.980. The molecule has 4 rings (SSSR count). The van der Waals surface area contributed by atoms with Crippen molar-refractivity contribution in [2.45, 2.75) is 5.60 Å². The van der Waals surface area contributed by atoms with Crippen LogP contribution < -0.4 is 14.8 Å². The average Bonchev–Trinajstić information content (AvgIpc) is 2.86. The second kappa shape index (κ2) is 5.07. The molecule has 2 aliphatic heterocycles. The number of methoxy groups -OCH3 is 1. The Balaban J connectivity index is 1.78. The summed E-state index contributed by atoms with van der Waals surface area (Å²) in [6.07, 6.45) is 0. The van der Waals surface area contributed by atoms with Gasteiger partial charge in [0.1, 0.15) is 18.1 Å². The molecule has 122 valence electrons. The van der Waals surface area contributed by atoms with Crippen LogP contribution in [-0.4, -0.2) is 30.5 Å². The summed E-state index contributed by atoms with van der Waals surface area (Å²) in [7, 11) is 1.53. The van der Waals surface area contributed by atoms with Gasteiger partial charge in [-0.3, -0.25) is 9.59 Å². The summed E-state index contributed by atoms with van der Waals surface area (Å²) in [5, 5.41) is 13.7. The van der Waals surface area contributed by atoms with Crippen molar-refractivity contribution >= 4 is 17.4 Å². The van der Waals surface area contributed by atoms with Crippen molar-refractivity contribution in [3.63, 3.8) is 0 Å². The Morgan fingerprint density at radius 3 is 2.83 bits per heavy atom. The van der Waals surface area contributed by atoms with Gasteiger partial charge in [0.15, 0.2) is 11.4 Å². The van der Waals surface area contributed by atoms with Crippen LogP contribution in [0, 0.1) is 5.92 Å². The fraction of sp³-hybridized carbons (Fsp3) is 0.222. The number of Topliss-reactive ketones (excluding diaryl/α,β-unsaturated/α-hetero) is 1.